The van der Waals surface area contributed by atoms with Crippen molar-refractivity contribution in [3.63, 3.8) is 0 Å². The van der Waals surface area contributed by atoms with Gasteiger partial charge in [-0.25, -0.2) is 8.42 Å². The maximum absolute atomic E-state index is 11.1. The second kappa shape index (κ2) is 8.12. The first kappa shape index (κ1) is 17.6. The van der Waals surface area contributed by atoms with Gasteiger partial charge in [-0.2, -0.15) is 11.8 Å². The normalized spacial score (nSPS) is 21.4. The van der Waals surface area contributed by atoms with Gasteiger partial charge in [-0.3, -0.25) is 4.99 Å². The van der Waals surface area contributed by atoms with Crippen molar-refractivity contribution < 1.29 is 8.42 Å². The molecule has 0 spiro atoms. The molecule has 1 saturated heterocycles. The summed E-state index contributed by atoms with van der Waals surface area (Å²) in [6.45, 7) is 7.16. The van der Waals surface area contributed by atoms with Gasteiger partial charge in [-0.1, -0.05) is 13.8 Å². The Morgan fingerprint density at radius 3 is 2.75 bits per heavy atom. The zero-order valence-corrected chi connectivity index (χ0v) is 14.6. The molecular weight excluding hydrogens is 294 g/mol. The van der Waals surface area contributed by atoms with Gasteiger partial charge in [0.15, 0.2) is 5.96 Å². The number of thioether (sulfide) groups is 1. The van der Waals surface area contributed by atoms with Gasteiger partial charge < -0.3 is 10.2 Å². The minimum Gasteiger partial charge on any atom is -0.356 e. The van der Waals surface area contributed by atoms with E-state index >= 15 is 0 Å². The monoisotopic (exact) mass is 321 g/mol. The number of nitrogens with zero attached hydrogens (tertiary/aromatic N) is 2. The molecule has 0 aromatic carbocycles. The van der Waals surface area contributed by atoms with Crippen molar-refractivity contribution in [2.75, 3.05) is 44.4 Å². The Labute approximate surface area is 127 Å². The van der Waals surface area contributed by atoms with Gasteiger partial charge in [-0.15, -0.1) is 0 Å². The maximum Gasteiger partial charge on any atom is 0.193 e. The number of nitrogens with one attached hydrogen (secondary N) is 1. The number of hydrogen-bond donors (Lipinski definition) is 1. The van der Waals surface area contributed by atoms with E-state index in [9.17, 15) is 8.42 Å². The first-order valence-electron chi connectivity index (χ1n) is 7.08. The molecule has 0 aromatic rings. The average Bonchev–Trinajstić information content (AvgIpc) is 2.37. The van der Waals surface area contributed by atoms with E-state index in [-0.39, 0.29) is 5.75 Å². The molecule has 1 rings (SSSR count). The van der Waals surface area contributed by atoms with Crippen molar-refractivity contribution in [3.8, 4) is 0 Å². The van der Waals surface area contributed by atoms with Crippen LogP contribution in [0.25, 0.3) is 0 Å². The summed E-state index contributed by atoms with van der Waals surface area (Å²) in [4.78, 5) is 6.59. The molecule has 1 unspecified atom stereocenters. The lowest BCUT2D eigenvalue weighted by Crippen LogP contribution is -2.49. The third-order valence-corrected chi connectivity index (χ3v) is 5.89. The Balaban J connectivity index is 2.42. The summed E-state index contributed by atoms with van der Waals surface area (Å²) in [7, 11) is -1.09. The van der Waals surface area contributed by atoms with Crippen molar-refractivity contribution in [2.24, 2.45) is 10.9 Å². The number of hydrogen-bond acceptors (Lipinski definition) is 4. The standard InChI is InChI=1S/C13H27N3O2S2/c1-11(2)12-10-16(7-8-19-12)13(14-3)15-6-5-9-20(4,17)18/h11-12H,5-10H2,1-4H3,(H,14,15). The van der Waals surface area contributed by atoms with Crippen molar-refractivity contribution in [1.82, 2.24) is 10.2 Å². The van der Waals surface area contributed by atoms with Crippen molar-refractivity contribution in [3.05, 3.63) is 0 Å². The van der Waals surface area contributed by atoms with Crippen LogP contribution in [-0.4, -0.2) is 69.0 Å². The van der Waals surface area contributed by atoms with Crippen LogP contribution >= 0.6 is 11.8 Å². The lowest BCUT2D eigenvalue weighted by molar-refractivity contribution is 0.381. The Bertz CT molecular complexity index is 421. The van der Waals surface area contributed by atoms with E-state index in [0.717, 1.165) is 24.8 Å². The predicted molar refractivity (Wildman–Crippen MR) is 88.3 cm³/mol. The molecule has 1 atom stereocenters. The Hall–Kier alpha value is -0.430. The second-order valence-electron chi connectivity index (χ2n) is 5.56. The van der Waals surface area contributed by atoms with Crippen LogP contribution in [0.5, 0.6) is 0 Å². The molecule has 1 aliphatic rings. The third kappa shape index (κ3) is 6.35. The largest absolute Gasteiger partial charge is 0.356 e. The smallest absolute Gasteiger partial charge is 0.193 e. The topological polar surface area (TPSA) is 61.8 Å². The second-order valence-corrected chi connectivity index (χ2v) is 9.16. The molecule has 1 heterocycles. The Kier molecular flexibility index (Phi) is 7.15. The minimum atomic E-state index is -2.87. The van der Waals surface area contributed by atoms with Crippen LogP contribution in [0.4, 0.5) is 0 Å². The first-order chi connectivity index (χ1) is 9.33. The first-order valence-corrected chi connectivity index (χ1v) is 10.2. The van der Waals surface area contributed by atoms with E-state index in [1.54, 1.807) is 7.05 Å². The van der Waals surface area contributed by atoms with E-state index in [1.165, 1.54) is 6.26 Å². The summed E-state index contributed by atoms with van der Waals surface area (Å²) < 4.78 is 22.2. The van der Waals surface area contributed by atoms with Gasteiger partial charge in [0.05, 0.1) is 5.75 Å². The number of guanidine groups is 1. The molecule has 0 aliphatic carbocycles. The summed E-state index contributed by atoms with van der Waals surface area (Å²) >= 11 is 2.03. The van der Waals surface area contributed by atoms with Crippen LogP contribution in [0.2, 0.25) is 0 Å². The summed E-state index contributed by atoms with van der Waals surface area (Å²) in [6, 6.07) is 0. The molecule has 0 amide bonds. The van der Waals surface area contributed by atoms with Crippen molar-refractivity contribution >= 4 is 27.6 Å². The van der Waals surface area contributed by atoms with E-state index in [4.69, 9.17) is 0 Å². The highest BCUT2D eigenvalue weighted by molar-refractivity contribution is 8.00. The highest BCUT2D eigenvalue weighted by Gasteiger charge is 2.24. The van der Waals surface area contributed by atoms with Crippen LogP contribution in [0.1, 0.15) is 20.3 Å². The third-order valence-electron chi connectivity index (χ3n) is 3.32. The van der Waals surface area contributed by atoms with Crippen LogP contribution < -0.4 is 5.32 Å². The lowest BCUT2D eigenvalue weighted by Gasteiger charge is -2.36. The number of aliphatic imine (C=N–C) groups is 1. The fraction of sp³-hybridized carbons (Fsp3) is 0.923. The van der Waals surface area contributed by atoms with Crippen LogP contribution in [0.3, 0.4) is 0 Å². The van der Waals surface area contributed by atoms with Crippen LogP contribution in [-0.2, 0) is 9.84 Å². The van der Waals surface area contributed by atoms with Gasteiger partial charge in [0.25, 0.3) is 0 Å². The fourth-order valence-corrected chi connectivity index (χ4v) is 4.11. The summed E-state index contributed by atoms with van der Waals surface area (Å²) in [5.74, 6) is 2.89. The van der Waals surface area contributed by atoms with Gasteiger partial charge in [0.1, 0.15) is 9.84 Å². The Morgan fingerprint density at radius 2 is 2.20 bits per heavy atom. The molecule has 118 valence electrons. The fourth-order valence-electron chi connectivity index (χ4n) is 2.14. The van der Waals surface area contributed by atoms with E-state index in [1.807, 2.05) is 11.8 Å². The quantitative estimate of drug-likeness (QED) is 0.466. The predicted octanol–water partition coefficient (Wildman–Crippen LogP) is 1.07. The SMILES string of the molecule is CN=C(NCCCS(C)(=O)=O)N1CCSC(C(C)C)C1. The molecule has 0 bridgehead atoms. The highest BCUT2D eigenvalue weighted by atomic mass is 32.2. The molecular formula is C13H27N3O2S2. The van der Waals surface area contributed by atoms with Crippen LogP contribution in [0, 0.1) is 5.92 Å². The molecule has 0 saturated carbocycles. The summed E-state index contributed by atoms with van der Waals surface area (Å²) in [6.07, 6.45) is 1.89. The average molecular weight is 322 g/mol. The number of rotatable bonds is 5. The molecule has 20 heavy (non-hydrogen) atoms. The van der Waals surface area contributed by atoms with Crippen molar-refractivity contribution in [1.29, 1.82) is 0 Å². The van der Waals surface area contributed by atoms with Gasteiger partial charge in [-0.05, 0) is 12.3 Å². The highest BCUT2D eigenvalue weighted by Crippen LogP contribution is 2.24. The molecule has 1 aliphatic heterocycles. The van der Waals surface area contributed by atoms with E-state index < -0.39 is 9.84 Å². The molecule has 0 aromatic heterocycles. The zero-order chi connectivity index (χ0) is 15.2. The van der Waals surface area contributed by atoms with Gasteiger partial charge in [0.2, 0.25) is 0 Å². The van der Waals surface area contributed by atoms with Gasteiger partial charge in [0, 0.05) is 43.9 Å². The van der Waals surface area contributed by atoms with E-state index in [0.29, 0.717) is 24.1 Å². The minimum absolute atomic E-state index is 0.224. The van der Waals surface area contributed by atoms with Crippen molar-refractivity contribution in [2.45, 2.75) is 25.5 Å². The summed E-state index contributed by atoms with van der Waals surface area (Å²) in [5.41, 5.74) is 0. The zero-order valence-electron chi connectivity index (χ0n) is 12.9. The van der Waals surface area contributed by atoms with Gasteiger partial charge >= 0.3 is 0 Å². The maximum atomic E-state index is 11.1. The van der Waals surface area contributed by atoms with E-state index in [2.05, 4.69) is 29.1 Å². The Morgan fingerprint density at radius 1 is 1.50 bits per heavy atom. The molecule has 1 fully saturated rings. The number of sulfone groups is 1. The molecule has 5 nitrogen and oxygen atoms in total. The molecule has 0 radical (unpaired) electrons. The molecule has 7 heteroatoms. The van der Waals surface area contributed by atoms with Crippen LogP contribution in [0.15, 0.2) is 4.99 Å². The summed E-state index contributed by atoms with van der Waals surface area (Å²) in [5, 5.41) is 3.91. The lowest BCUT2D eigenvalue weighted by atomic mass is 10.1. The molecule has 1 N–H and O–H groups in total.